The molecule has 7 nitrogen and oxygen atoms in total. The number of rotatable bonds is 2. The maximum absolute atomic E-state index is 10.6. The van der Waals surface area contributed by atoms with E-state index in [4.69, 9.17) is 4.42 Å². The maximum Gasteiger partial charge on any atom is 0.298 e. The first-order chi connectivity index (χ1) is 9.74. The second-order valence-electron chi connectivity index (χ2n) is 5.02. The van der Waals surface area contributed by atoms with Crippen LogP contribution in [0.1, 0.15) is 12.1 Å². The number of fused-ring (bicyclic) bond motifs is 1. The van der Waals surface area contributed by atoms with E-state index in [0.717, 1.165) is 11.1 Å². The molecule has 0 radical (unpaired) electrons. The summed E-state index contributed by atoms with van der Waals surface area (Å²) in [7, 11) is 0. The van der Waals surface area contributed by atoms with Gasteiger partial charge in [-0.2, -0.15) is 20.4 Å². The van der Waals surface area contributed by atoms with Crippen molar-refractivity contribution >= 4 is 17.1 Å². The molecule has 1 saturated heterocycles. The molecule has 3 heterocycles. The Bertz CT molecular complexity index is 705. The van der Waals surface area contributed by atoms with Gasteiger partial charge in [0.05, 0.1) is 12.7 Å². The van der Waals surface area contributed by atoms with Gasteiger partial charge in [0.15, 0.2) is 5.58 Å². The molecule has 0 spiro atoms. The maximum atomic E-state index is 10.6. The Balaban J connectivity index is 1.65. The number of β-amino-alcohol motifs (C(OH)–C–C–N with tert-alkyl or cyclic N) is 1. The number of oxazole rings is 1. The van der Waals surface area contributed by atoms with Crippen LogP contribution < -0.4 is 4.90 Å². The minimum Gasteiger partial charge on any atom is -0.423 e. The lowest BCUT2D eigenvalue weighted by atomic mass is 10.0. The number of anilines is 1. The van der Waals surface area contributed by atoms with E-state index < -0.39 is 5.60 Å². The number of aromatic amines is 1. The van der Waals surface area contributed by atoms with Crippen molar-refractivity contribution in [2.24, 2.45) is 0 Å². The molecular formula is C13H13N5O2. The number of aromatic nitrogens is 4. The summed E-state index contributed by atoms with van der Waals surface area (Å²) >= 11 is 0. The fraction of sp³-hybridized carbons (Fsp3) is 0.308. The molecule has 1 aromatic carbocycles. The van der Waals surface area contributed by atoms with E-state index >= 15 is 0 Å². The Kier molecular flexibility index (Phi) is 2.31. The van der Waals surface area contributed by atoms with Gasteiger partial charge in [-0.15, -0.1) is 0 Å². The number of H-pyrrole nitrogens is 1. The lowest BCUT2D eigenvalue weighted by Gasteiger charge is -2.19. The summed E-state index contributed by atoms with van der Waals surface area (Å²) in [5.41, 5.74) is 1.11. The zero-order valence-electron chi connectivity index (χ0n) is 10.7. The van der Waals surface area contributed by atoms with Crippen LogP contribution in [-0.2, 0) is 5.60 Å². The normalized spacial score (nSPS) is 22.8. The first-order valence-electron chi connectivity index (χ1n) is 6.44. The van der Waals surface area contributed by atoms with Gasteiger partial charge in [-0.05, 0) is 12.1 Å². The first-order valence-corrected chi connectivity index (χ1v) is 6.44. The fourth-order valence-electron chi connectivity index (χ4n) is 2.59. The first kappa shape index (κ1) is 11.4. The summed E-state index contributed by atoms with van der Waals surface area (Å²) in [5.74, 6) is 0. The van der Waals surface area contributed by atoms with Crippen molar-refractivity contribution in [1.29, 1.82) is 0 Å². The summed E-state index contributed by atoms with van der Waals surface area (Å²) in [4.78, 5) is 6.37. The molecule has 7 heteroatoms. The van der Waals surface area contributed by atoms with Gasteiger partial charge in [0, 0.05) is 13.0 Å². The van der Waals surface area contributed by atoms with Gasteiger partial charge in [-0.3, -0.25) is 0 Å². The number of benzene rings is 1. The smallest absolute Gasteiger partial charge is 0.298 e. The largest absolute Gasteiger partial charge is 0.423 e. The molecule has 1 aliphatic heterocycles. The van der Waals surface area contributed by atoms with Gasteiger partial charge in [0.1, 0.15) is 16.8 Å². The van der Waals surface area contributed by atoms with Crippen molar-refractivity contribution in [2.75, 3.05) is 18.0 Å². The summed E-state index contributed by atoms with van der Waals surface area (Å²) in [6.45, 7) is 1.06. The van der Waals surface area contributed by atoms with Gasteiger partial charge in [-0.1, -0.05) is 12.1 Å². The van der Waals surface area contributed by atoms with E-state index in [9.17, 15) is 5.11 Å². The van der Waals surface area contributed by atoms with E-state index in [1.807, 2.05) is 29.2 Å². The van der Waals surface area contributed by atoms with Crippen LogP contribution in [0.15, 0.2) is 34.9 Å². The predicted octanol–water partition coefficient (Wildman–Crippen LogP) is 1.04. The standard InChI is InChI=1S/C13H13N5O2/c19-13(11-7-14-17-16-11)5-6-18(8-13)12-15-9-3-1-2-4-10(9)20-12/h1-4,7,19H,5-6,8H2,(H,14,16,17)/t13-/m1/s1. The molecule has 102 valence electrons. The van der Waals surface area contributed by atoms with Crippen LogP contribution in [0.2, 0.25) is 0 Å². The van der Waals surface area contributed by atoms with Gasteiger partial charge >= 0.3 is 0 Å². The minimum absolute atomic E-state index is 0.395. The molecule has 4 rings (SSSR count). The molecule has 1 atom stereocenters. The molecule has 0 amide bonds. The average Bonchev–Trinajstić information content (AvgIpc) is 3.18. The van der Waals surface area contributed by atoms with Crippen molar-refractivity contribution in [3.05, 3.63) is 36.2 Å². The molecule has 0 saturated carbocycles. The predicted molar refractivity (Wildman–Crippen MR) is 71.1 cm³/mol. The molecule has 1 fully saturated rings. The number of aliphatic hydroxyl groups is 1. The highest BCUT2D eigenvalue weighted by molar-refractivity contribution is 5.74. The van der Waals surface area contributed by atoms with Gasteiger partial charge in [-0.25, -0.2) is 0 Å². The fourth-order valence-corrected chi connectivity index (χ4v) is 2.59. The van der Waals surface area contributed by atoms with Crippen molar-refractivity contribution in [3.63, 3.8) is 0 Å². The molecule has 1 aliphatic rings. The average molecular weight is 271 g/mol. The molecule has 2 aromatic heterocycles. The monoisotopic (exact) mass is 271 g/mol. The third-order valence-electron chi connectivity index (χ3n) is 3.69. The van der Waals surface area contributed by atoms with Crippen LogP contribution in [0.4, 0.5) is 6.01 Å². The molecule has 3 aromatic rings. The van der Waals surface area contributed by atoms with Gasteiger partial charge in [0.25, 0.3) is 6.01 Å². The van der Waals surface area contributed by atoms with Crippen LogP contribution in [0.5, 0.6) is 0 Å². The molecule has 0 unspecified atom stereocenters. The topological polar surface area (TPSA) is 91.1 Å². The molecular weight excluding hydrogens is 258 g/mol. The highest BCUT2D eigenvalue weighted by Crippen LogP contribution is 2.33. The number of hydrogen-bond acceptors (Lipinski definition) is 6. The Hall–Kier alpha value is -2.41. The quantitative estimate of drug-likeness (QED) is 0.723. The second-order valence-corrected chi connectivity index (χ2v) is 5.02. The van der Waals surface area contributed by atoms with Crippen LogP contribution in [0.25, 0.3) is 11.1 Å². The third kappa shape index (κ3) is 1.67. The molecule has 2 N–H and O–H groups in total. The van der Waals surface area contributed by atoms with Crippen LogP contribution in [0.3, 0.4) is 0 Å². The Morgan fingerprint density at radius 2 is 2.25 bits per heavy atom. The Labute approximate surface area is 114 Å². The van der Waals surface area contributed by atoms with Crippen molar-refractivity contribution in [1.82, 2.24) is 20.4 Å². The Morgan fingerprint density at radius 3 is 3.05 bits per heavy atom. The summed E-state index contributed by atoms with van der Waals surface area (Å²) in [6, 6.07) is 8.15. The zero-order chi connectivity index (χ0) is 13.6. The number of para-hydroxylation sites is 2. The van der Waals surface area contributed by atoms with Crippen molar-refractivity contribution < 1.29 is 9.52 Å². The minimum atomic E-state index is -1.01. The number of nitrogens with one attached hydrogen (secondary N) is 1. The molecule has 0 aliphatic carbocycles. The van der Waals surface area contributed by atoms with Gasteiger partial charge in [0.2, 0.25) is 0 Å². The summed E-state index contributed by atoms with van der Waals surface area (Å²) in [5, 5.41) is 20.9. The van der Waals surface area contributed by atoms with Gasteiger partial charge < -0.3 is 14.4 Å². The van der Waals surface area contributed by atoms with E-state index in [-0.39, 0.29) is 0 Å². The summed E-state index contributed by atoms with van der Waals surface area (Å²) in [6.07, 6.45) is 2.12. The van der Waals surface area contributed by atoms with E-state index in [2.05, 4.69) is 20.4 Å². The summed E-state index contributed by atoms with van der Waals surface area (Å²) < 4.78 is 5.72. The molecule has 0 bridgehead atoms. The Morgan fingerprint density at radius 1 is 1.35 bits per heavy atom. The SMILES string of the molecule is O[C@]1(c2cn[nH]n2)CCN(c2nc3ccccc3o2)C1. The van der Waals surface area contributed by atoms with Crippen LogP contribution >= 0.6 is 0 Å². The zero-order valence-corrected chi connectivity index (χ0v) is 10.7. The number of hydrogen-bond donors (Lipinski definition) is 2. The van der Waals surface area contributed by atoms with Crippen LogP contribution in [0, 0.1) is 0 Å². The van der Waals surface area contributed by atoms with E-state index in [0.29, 0.717) is 31.2 Å². The lowest BCUT2D eigenvalue weighted by Crippen LogP contribution is -2.31. The third-order valence-corrected chi connectivity index (χ3v) is 3.69. The van der Waals surface area contributed by atoms with Crippen molar-refractivity contribution in [3.8, 4) is 0 Å². The highest BCUT2D eigenvalue weighted by atomic mass is 16.4. The van der Waals surface area contributed by atoms with Crippen LogP contribution in [-0.4, -0.2) is 38.6 Å². The van der Waals surface area contributed by atoms with Crippen molar-refractivity contribution in [2.45, 2.75) is 12.0 Å². The lowest BCUT2D eigenvalue weighted by molar-refractivity contribution is 0.0557. The van der Waals surface area contributed by atoms with E-state index in [1.54, 1.807) is 6.20 Å². The number of nitrogens with zero attached hydrogens (tertiary/aromatic N) is 4. The second kappa shape index (κ2) is 4.04. The van der Waals surface area contributed by atoms with E-state index in [1.165, 1.54) is 0 Å². The molecule has 20 heavy (non-hydrogen) atoms. The highest BCUT2D eigenvalue weighted by Gasteiger charge is 2.41.